The molecule has 10 rings (SSSR count). The molecule has 9 aromatic rings. The Morgan fingerprint density at radius 2 is 1.16 bits per heavy atom. The van der Waals surface area contributed by atoms with Gasteiger partial charge in [-0.15, -0.1) is 35.4 Å². The summed E-state index contributed by atoms with van der Waals surface area (Å²) < 4.78 is 2.51. The SMILES string of the molecule is CC1(C)c2cc(-c3cc[c-]c(-c4cc5ccccc5cn4)c3)ccc2-n2c3ccc(-c4ccccc4)cc3c3cc(-c4ccccc4)cc1c32.[Ir]. The first kappa shape index (κ1) is 31.4. The van der Waals surface area contributed by atoms with E-state index in [1.54, 1.807) is 0 Å². The Kier molecular flexibility index (Phi) is 7.40. The second-order valence-electron chi connectivity index (χ2n) is 14.0. The Bertz CT molecular complexity index is 2780. The molecule has 0 spiro atoms. The molecule has 0 saturated carbocycles. The van der Waals surface area contributed by atoms with Gasteiger partial charge in [-0.05, 0) is 91.8 Å². The van der Waals surface area contributed by atoms with Crippen LogP contribution in [0.5, 0.6) is 0 Å². The topological polar surface area (TPSA) is 17.8 Å². The summed E-state index contributed by atoms with van der Waals surface area (Å²) in [4.78, 5) is 4.80. The van der Waals surface area contributed by atoms with E-state index < -0.39 is 0 Å². The zero-order valence-electron chi connectivity index (χ0n) is 28.3. The number of rotatable bonds is 4. The van der Waals surface area contributed by atoms with Gasteiger partial charge in [0.1, 0.15) is 0 Å². The number of aromatic nitrogens is 2. The Labute approximate surface area is 311 Å². The van der Waals surface area contributed by atoms with Gasteiger partial charge in [-0.1, -0.05) is 117 Å². The van der Waals surface area contributed by atoms with Gasteiger partial charge in [0.15, 0.2) is 0 Å². The average Bonchev–Trinajstić information content (AvgIpc) is 3.51. The molecule has 0 saturated heterocycles. The van der Waals surface area contributed by atoms with Crippen LogP contribution in [-0.2, 0) is 25.5 Å². The van der Waals surface area contributed by atoms with Gasteiger partial charge in [0.05, 0.1) is 16.7 Å². The van der Waals surface area contributed by atoms with Crippen molar-refractivity contribution >= 4 is 32.6 Å². The molecule has 7 aromatic carbocycles. The molecule has 0 N–H and O–H groups in total. The summed E-state index contributed by atoms with van der Waals surface area (Å²) in [5.41, 5.74) is 15.4. The molecule has 3 heterocycles. The van der Waals surface area contributed by atoms with Gasteiger partial charge in [-0.3, -0.25) is 0 Å². The summed E-state index contributed by atoms with van der Waals surface area (Å²) in [6.07, 6.45) is 1.96. The van der Waals surface area contributed by atoms with Crippen LogP contribution in [0.2, 0.25) is 0 Å². The minimum absolute atomic E-state index is 0. The first-order chi connectivity index (χ1) is 24.5. The first-order valence-electron chi connectivity index (χ1n) is 17.3. The standard InChI is InChI=1S/C48H33N2.Ir/c1-48(2)42-27-36(33-18-11-19-37(24-33)44-29-34-16-9-10-17-38(34)30-49-44)21-23-46(42)50-45-22-20-35(31-12-5-3-6-13-31)25-40(45)41-26-39(28-43(48)47(41)50)32-14-7-4-8-15-32;/h3-18,20-30H,1-2H3;/q-1;. The van der Waals surface area contributed by atoms with Gasteiger partial charge in [0, 0.05) is 42.5 Å². The molecule has 1 aliphatic rings. The van der Waals surface area contributed by atoms with Crippen molar-refractivity contribution in [2.24, 2.45) is 0 Å². The third-order valence-electron chi connectivity index (χ3n) is 10.7. The summed E-state index contributed by atoms with van der Waals surface area (Å²) in [6, 6.07) is 60.7. The predicted molar refractivity (Wildman–Crippen MR) is 209 cm³/mol. The fraction of sp³-hybridized carbons (Fsp3) is 0.0625. The maximum absolute atomic E-state index is 4.80. The molecule has 1 radical (unpaired) electrons. The van der Waals surface area contributed by atoms with Gasteiger partial charge in [-0.2, -0.15) is 0 Å². The minimum Gasteiger partial charge on any atom is -0.309 e. The third-order valence-corrected chi connectivity index (χ3v) is 10.7. The molecule has 0 amide bonds. The van der Waals surface area contributed by atoms with E-state index in [9.17, 15) is 0 Å². The monoisotopic (exact) mass is 830 g/mol. The van der Waals surface area contributed by atoms with Crippen LogP contribution >= 0.6 is 0 Å². The van der Waals surface area contributed by atoms with Crippen molar-refractivity contribution in [3.8, 4) is 50.3 Å². The molecule has 0 bridgehead atoms. The van der Waals surface area contributed by atoms with Crippen molar-refractivity contribution < 1.29 is 20.1 Å². The van der Waals surface area contributed by atoms with Crippen LogP contribution in [0.4, 0.5) is 0 Å². The quantitative estimate of drug-likeness (QED) is 0.162. The van der Waals surface area contributed by atoms with E-state index in [0.717, 1.165) is 22.2 Å². The maximum Gasteiger partial charge on any atom is 0.0582 e. The molecule has 0 unspecified atom stereocenters. The zero-order chi connectivity index (χ0) is 33.4. The minimum atomic E-state index is -0.245. The third kappa shape index (κ3) is 5.00. The normalized spacial score (nSPS) is 12.9. The Morgan fingerprint density at radius 3 is 1.94 bits per heavy atom. The number of benzene rings is 7. The predicted octanol–water partition coefficient (Wildman–Crippen LogP) is 12.4. The molecule has 2 aromatic heterocycles. The second kappa shape index (κ2) is 12.0. The van der Waals surface area contributed by atoms with Gasteiger partial charge in [-0.25, -0.2) is 0 Å². The van der Waals surface area contributed by atoms with Gasteiger partial charge < -0.3 is 9.55 Å². The van der Waals surface area contributed by atoms with E-state index in [2.05, 4.69) is 176 Å². The van der Waals surface area contributed by atoms with E-state index in [1.165, 1.54) is 71.8 Å². The van der Waals surface area contributed by atoms with Crippen molar-refractivity contribution in [1.82, 2.24) is 9.55 Å². The van der Waals surface area contributed by atoms with Crippen LogP contribution in [0.1, 0.15) is 25.0 Å². The zero-order valence-corrected chi connectivity index (χ0v) is 30.7. The van der Waals surface area contributed by atoms with Gasteiger partial charge in [0.2, 0.25) is 0 Å². The van der Waals surface area contributed by atoms with Crippen molar-refractivity contribution in [3.63, 3.8) is 0 Å². The smallest absolute Gasteiger partial charge is 0.0582 e. The molecule has 1 aliphatic heterocycles. The molecule has 0 aliphatic carbocycles. The van der Waals surface area contributed by atoms with E-state index in [0.29, 0.717) is 0 Å². The molecule has 0 atom stereocenters. The van der Waals surface area contributed by atoms with Crippen molar-refractivity contribution in [3.05, 3.63) is 181 Å². The number of nitrogens with zero attached hydrogens (tertiary/aromatic N) is 2. The molecule has 0 fully saturated rings. The van der Waals surface area contributed by atoms with Crippen LogP contribution in [0.15, 0.2) is 164 Å². The average molecular weight is 830 g/mol. The van der Waals surface area contributed by atoms with E-state index >= 15 is 0 Å². The van der Waals surface area contributed by atoms with Crippen molar-refractivity contribution in [1.29, 1.82) is 0 Å². The largest absolute Gasteiger partial charge is 0.309 e. The van der Waals surface area contributed by atoms with Crippen LogP contribution < -0.4 is 0 Å². The number of hydrogen-bond acceptors (Lipinski definition) is 1. The maximum atomic E-state index is 4.80. The van der Waals surface area contributed by atoms with Gasteiger partial charge in [0.25, 0.3) is 0 Å². The molecule has 2 nitrogen and oxygen atoms in total. The van der Waals surface area contributed by atoms with E-state index in [1.807, 2.05) is 12.3 Å². The fourth-order valence-electron chi connectivity index (χ4n) is 8.06. The number of pyridine rings is 1. The molecule has 3 heteroatoms. The van der Waals surface area contributed by atoms with Crippen LogP contribution in [-0.4, -0.2) is 9.55 Å². The Balaban J connectivity index is 0.00000348. The van der Waals surface area contributed by atoms with E-state index in [4.69, 9.17) is 4.98 Å². The Morgan fingerprint density at radius 1 is 0.529 bits per heavy atom. The van der Waals surface area contributed by atoms with Crippen molar-refractivity contribution in [2.75, 3.05) is 0 Å². The summed E-state index contributed by atoms with van der Waals surface area (Å²) in [7, 11) is 0. The summed E-state index contributed by atoms with van der Waals surface area (Å²) in [5.74, 6) is 0. The second-order valence-corrected chi connectivity index (χ2v) is 14.0. The van der Waals surface area contributed by atoms with Crippen LogP contribution in [0, 0.1) is 6.07 Å². The number of fused-ring (bicyclic) bond motifs is 6. The number of hydrogen-bond donors (Lipinski definition) is 0. The van der Waals surface area contributed by atoms with Crippen molar-refractivity contribution in [2.45, 2.75) is 19.3 Å². The molecule has 245 valence electrons. The van der Waals surface area contributed by atoms with Crippen LogP contribution in [0.3, 0.4) is 0 Å². The first-order valence-corrected chi connectivity index (χ1v) is 17.3. The summed E-state index contributed by atoms with van der Waals surface area (Å²) in [5, 5.41) is 4.90. The molecular weight excluding hydrogens is 797 g/mol. The molecule has 51 heavy (non-hydrogen) atoms. The fourth-order valence-corrected chi connectivity index (χ4v) is 8.06. The van der Waals surface area contributed by atoms with Gasteiger partial charge >= 0.3 is 0 Å². The van der Waals surface area contributed by atoms with E-state index in [-0.39, 0.29) is 25.5 Å². The summed E-state index contributed by atoms with van der Waals surface area (Å²) >= 11 is 0. The summed E-state index contributed by atoms with van der Waals surface area (Å²) in [6.45, 7) is 4.78. The Hall–Kier alpha value is -5.60. The van der Waals surface area contributed by atoms with Crippen LogP contribution in [0.25, 0.3) is 82.9 Å². The molecular formula is C48H33IrN2-.